The molecule has 1 amide bonds. The van der Waals surface area contributed by atoms with Gasteiger partial charge in [0.05, 0.1) is 12.2 Å². The summed E-state index contributed by atoms with van der Waals surface area (Å²) in [6, 6.07) is 11.9. The number of ether oxygens (including phenoxy) is 1. The van der Waals surface area contributed by atoms with Crippen molar-refractivity contribution in [3.63, 3.8) is 0 Å². The first-order chi connectivity index (χ1) is 18.3. The highest BCUT2D eigenvalue weighted by Gasteiger charge is 2.43. The second kappa shape index (κ2) is 10.7. The number of carbonyl (C=O) groups is 3. The van der Waals surface area contributed by atoms with Crippen molar-refractivity contribution in [1.82, 2.24) is 5.32 Å². The van der Waals surface area contributed by atoms with E-state index in [0.29, 0.717) is 40.9 Å². The number of anilines is 1. The van der Waals surface area contributed by atoms with Gasteiger partial charge in [-0.3, -0.25) is 9.59 Å². The number of rotatable bonds is 7. The fraction of sp³-hybridized carbons (Fsp3) is 0.345. The summed E-state index contributed by atoms with van der Waals surface area (Å²) >= 11 is 0. The Hall–Kier alpha value is -3.92. The minimum absolute atomic E-state index is 0.0429. The van der Waals surface area contributed by atoms with E-state index in [1.807, 2.05) is 13.8 Å². The number of benzene rings is 2. The lowest BCUT2D eigenvalue weighted by Crippen LogP contribution is -2.38. The fourth-order valence-corrected chi connectivity index (χ4v) is 5.98. The second-order valence-corrected chi connectivity index (χ2v) is 12.0. The van der Waals surface area contributed by atoms with Crippen LogP contribution in [0, 0.1) is 5.41 Å². The number of esters is 1. The summed E-state index contributed by atoms with van der Waals surface area (Å²) in [5, 5.41) is 5.86. The molecule has 0 saturated carbocycles. The maximum absolute atomic E-state index is 13.4. The molecular weight excluding hydrogens is 520 g/mol. The van der Waals surface area contributed by atoms with Crippen LogP contribution in [-0.2, 0) is 29.2 Å². The second-order valence-electron chi connectivity index (χ2n) is 10.5. The van der Waals surface area contributed by atoms with E-state index in [-0.39, 0.29) is 34.4 Å². The first-order valence-electron chi connectivity index (χ1n) is 12.6. The Morgan fingerprint density at radius 1 is 1.05 bits per heavy atom. The SMILES string of the molecule is CCOC(=O)C1=C(C)NC2=C(C(=O)CC(C)(C)C2)C1c1ccc(OS(=O)(=O)c2ccc(NC(C)=O)cc2)cc1. The zero-order valence-corrected chi connectivity index (χ0v) is 23.4. The lowest BCUT2D eigenvalue weighted by molar-refractivity contribution is -0.138. The summed E-state index contributed by atoms with van der Waals surface area (Å²) in [5.74, 6) is -1.41. The third kappa shape index (κ3) is 6.06. The number of ketones is 1. The molecule has 1 heterocycles. The Labute approximate surface area is 228 Å². The van der Waals surface area contributed by atoms with Gasteiger partial charge in [-0.1, -0.05) is 26.0 Å². The number of nitrogens with one attached hydrogen (secondary N) is 2. The van der Waals surface area contributed by atoms with Gasteiger partial charge in [0.1, 0.15) is 10.6 Å². The molecule has 0 spiro atoms. The molecule has 4 rings (SSSR count). The van der Waals surface area contributed by atoms with Crippen LogP contribution in [0.3, 0.4) is 0 Å². The van der Waals surface area contributed by atoms with Crippen LogP contribution in [0.25, 0.3) is 0 Å². The van der Waals surface area contributed by atoms with Crippen molar-refractivity contribution in [1.29, 1.82) is 0 Å². The molecule has 39 heavy (non-hydrogen) atoms. The van der Waals surface area contributed by atoms with Gasteiger partial charge in [-0.25, -0.2) is 4.79 Å². The number of amides is 1. The Morgan fingerprint density at radius 2 is 1.69 bits per heavy atom. The van der Waals surface area contributed by atoms with Gasteiger partial charge < -0.3 is 19.6 Å². The smallest absolute Gasteiger partial charge is 0.339 e. The predicted octanol–water partition coefficient (Wildman–Crippen LogP) is 4.58. The summed E-state index contributed by atoms with van der Waals surface area (Å²) in [5.41, 5.74) is 3.17. The number of Topliss-reactive ketones (excluding diaryl/α,β-unsaturated/α-hetero) is 1. The first kappa shape index (κ1) is 28.1. The fourth-order valence-electron chi connectivity index (χ4n) is 5.05. The molecule has 0 bridgehead atoms. The van der Waals surface area contributed by atoms with Crippen molar-refractivity contribution in [3.8, 4) is 5.75 Å². The van der Waals surface area contributed by atoms with E-state index < -0.39 is 22.0 Å². The largest absolute Gasteiger partial charge is 0.463 e. The summed E-state index contributed by atoms with van der Waals surface area (Å²) in [6.07, 6.45) is 0.998. The minimum Gasteiger partial charge on any atom is -0.463 e. The van der Waals surface area contributed by atoms with E-state index in [1.54, 1.807) is 26.0 Å². The normalized spacial score (nSPS) is 18.7. The molecule has 9 nitrogen and oxygen atoms in total. The molecule has 1 aliphatic carbocycles. The number of hydrogen-bond acceptors (Lipinski definition) is 8. The Kier molecular flexibility index (Phi) is 7.70. The van der Waals surface area contributed by atoms with E-state index >= 15 is 0 Å². The molecule has 2 aliphatic rings. The number of dihydropyridines is 1. The van der Waals surface area contributed by atoms with Gasteiger partial charge in [0.15, 0.2) is 5.78 Å². The van der Waals surface area contributed by atoms with Crippen molar-refractivity contribution in [3.05, 3.63) is 76.6 Å². The summed E-state index contributed by atoms with van der Waals surface area (Å²) in [6.45, 7) is 9.12. The van der Waals surface area contributed by atoms with Crippen LogP contribution in [-0.4, -0.2) is 32.7 Å². The molecule has 0 fully saturated rings. The van der Waals surface area contributed by atoms with Gasteiger partial charge in [0.2, 0.25) is 5.91 Å². The number of allylic oxidation sites excluding steroid dienone is 3. The van der Waals surface area contributed by atoms with Gasteiger partial charge in [-0.15, -0.1) is 0 Å². The van der Waals surface area contributed by atoms with Gasteiger partial charge >= 0.3 is 16.1 Å². The third-order valence-electron chi connectivity index (χ3n) is 6.62. The van der Waals surface area contributed by atoms with Gasteiger partial charge in [-0.05, 0) is 67.6 Å². The van der Waals surface area contributed by atoms with E-state index in [0.717, 1.165) is 5.70 Å². The Morgan fingerprint density at radius 3 is 2.28 bits per heavy atom. The highest BCUT2D eigenvalue weighted by Crippen LogP contribution is 2.47. The lowest BCUT2D eigenvalue weighted by atomic mass is 9.68. The van der Waals surface area contributed by atoms with Gasteiger partial charge in [-0.2, -0.15) is 8.42 Å². The first-order valence-corrected chi connectivity index (χ1v) is 14.1. The van der Waals surface area contributed by atoms with Crippen LogP contribution in [0.15, 0.2) is 76.0 Å². The van der Waals surface area contributed by atoms with Gasteiger partial charge in [0.25, 0.3) is 0 Å². The van der Waals surface area contributed by atoms with Crippen LogP contribution in [0.1, 0.15) is 58.9 Å². The molecule has 2 N–H and O–H groups in total. The summed E-state index contributed by atoms with van der Waals surface area (Å²) < 4.78 is 36.3. The highest BCUT2D eigenvalue weighted by molar-refractivity contribution is 7.87. The zero-order valence-electron chi connectivity index (χ0n) is 22.6. The molecule has 1 aliphatic heterocycles. The minimum atomic E-state index is -4.15. The predicted molar refractivity (Wildman–Crippen MR) is 145 cm³/mol. The van der Waals surface area contributed by atoms with Crippen molar-refractivity contribution in [2.75, 3.05) is 11.9 Å². The summed E-state index contributed by atoms with van der Waals surface area (Å²) in [7, 11) is -4.15. The molecule has 1 unspecified atom stereocenters. The van der Waals surface area contributed by atoms with E-state index in [2.05, 4.69) is 10.6 Å². The number of hydrogen-bond donors (Lipinski definition) is 2. The third-order valence-corrected chi connectivity index (χ3v) is 7.88. The molecule has 10 heteroatoms. The van der Waals surface area contributed by atoms with Gasteiger partial charge in [0, 0.05) is 41.9 Å². The van der Waals surface area contributed by atoms with Crippen molar-refractivity contribution in [2.45, 2.75) is 58.3 Å². The van der Waals surface area contributed by atoms with Crippen molar-refractivity contribution in [2.24, 2.45) is 5.41 Å². The maximum Gasteiger partial charge on any atom is 0.339 e. The molecule has 2 aromatic rings. The molecule has 2 aromatic carbocycles. The topological polar surface area (TPSA) is 128 Å². The van der Waals surface area contributed by atoms with Crippen LogP contribution >= 0.6 is 0 Å². The van der Waals surface area contributed by atoms with Crippen LogP contribution in [0.2, 0.25) is 0 Å². The van der Waals surface area contributed by atoms with Crippen LogP contribution in [0.5, 0.6) is 5.75 Å². The summed E-state index contributed by atoms with van der Waals surface area (Å²) in [4.78, 5) is 37.5. The van der Waals surface area contributed by atoms with E-state index in [4.69, 9.17) is 8.92 Å². The average molecular weight is 553 g/mol. The van der Waals surface area contributed by atoms with Crippen LogP contribution in [0.4, 0.5) is 5.69 Å². The Balaban J connectivity index is 1.66. The molecule has 1 atom stereocenters. The molecule has 0 saturated heterocycles. The standard InChI is InChI=1S/C29H32N2O7S/c1-6-37-28(34)25-17(2)30-23-15-29(4,5)16-24(33)27(23)26(25)19-7-11-21(12-8-19)38-39(35,36)22-13-9-20(10-14-22)31-18(3)32/h7-14,26,30H,6,15-16H2,1-5H3,(H,31,32). The molecule has 0 aromatic heterocycles. The molecule has 206 valence electrons. The van der Waals surface area contributed by atoms with E-state index in [1.165, 1.54) is 43.3 Å². The monoisotopic (exact) mass is 552 g/mol. The maximum atomic E-state index is 13.4. The van der Waals surface area contributed by atoms with E-state index in [9.17, 15) is 22.8 Å². The molecular formula is C29H32N2O7S. The lowest BCUT2D eigenvalue weighted by Gasteiger charge is -2.39. The highest BCUT2D eigenvalue weighted by atomic mass is 32.2. The Bertz CT molecular complexity index is 1490. The zero-order chi connectivity index (χ0) is 28.5. The quantitative estimate of drug-likeness (QED) is 0.377. The molecule has 0 radical (unpaired) electrons. The number of carbonyl (C=O) groups excluding carboxylic acids is 3. The van der Waals surface area contributed by atoms with Crippen molar-refractivity contribution < 1.29 is 31.7 Å². The average Bonchev–Trinajstić information content (AvgIpc) is 2.82. The van der Waals surface area contributed by atoms with Crippen molar-refractivity contribution >= 4 is 33.5 Å². The van der Waals surface area contributed by atoms with Crippen LogP contribution < -0.4 is 14.8 Å².